The normalized spacial score (nSPS) is 12.1. The van der Waals surface area contributed by atoms with Crippen LogP contribution in [-0.2, 0) is 6.54 Å². The standard InChI is InChI=1S/C25H25N3O/c1-17-4-6-19(7-5-17)18(2)27-16-22-14-21-8-9-23(29-3)15-24(21)28-25(22)20-10-12-26-13-11-20/h4-15,18,27H,16H2,1-3H3/t18-/m1/s1. The molecule has 0 aliphatic rings. The van der Waals surface area contributed by atoms with Crippen molar-refractivity contribution in [3.8, 4) is 17.0 Å². The monoisotopic (exact) mass is 383 g/mol. The van der Waals surface area contributed by atoms with Crippen LogP contribution in [0.5, 0.6) is 5.75 Å². The first-order valence-electron chi connectivity index (χ1n) is 9.82. The molecule has 0 radical (unpaired) electrons. The maximum atomic E-state index is 5.37. The molecule has 0 amide bonds. The van der Waals surface area contributed by atoms with Crippen molar-refractivity contribution in [2.45, 2.75) is 26.4 Å². The lowest BCUT2D eigenvalue weighted by atomic mass is 10.0. The van der Waals surface area contributed by atoms with Crippen LogP contribution in [0.25, 0.3) is 22.2 Å². The SMILES string of the molecule is COc1ccc2cc(CN[C@H](C)c3ccc(C)cc3)c(-c3ccncc3)nc2c1. The minimum Gasteiger partial charge on any atom is -0.497 e. The van der Waals surface area contributed by atoms with Gasteiger partial charge in [0.1, 0.15) is 5.75 Å². The third kappa shape index (κ3) is 4.28. The Morgan fingerprint density at radius 3 is 2.45 bits per heavy atom. The van der Waals surface area contributed by atoms with Gasteiger partial charge in [-0.2, -0.15) is 0 Å². The van der Waals surface area contributed by atoms with Gasteiger partial charge in [-0.15, -0.1) is 0 Å². The van der Waals surface area contributed by atoms with E-state index in [1.807, 2.05) is 24.3 Å². The summed E-state index contributed by atoms with van der Waals surface area (Å²) in [7, 11) is 1.68. The molecule has 1 atom stereocenters. The molecule has 146 valence electrons. The van der Waals surface area contributed by atoms with Crippen LogP contribution < -0.4 is 10.1 Å². The number of nitrogens with one attached hydrogen (secondary N) is 1. The highest BCUT2D eigenvalue weighted by atomic mass is 16.5. The molecule has 0 aliphatic heterocycles. The zero-order chi connectivity index (χ0) is 20.2. The van der Waals surface area contributed by atoms with E-state index in [2.05, 4.69) is 60.5 Å². The average molecular weight is 383 g/mol. The first-order chi connectivity index (χ1) is 14.1. The molecule has 0 aliphatic carbocycles. The molecule has 4 nitrogen and oxygen atoms in total. The van der Waals surface area contributed by atoms with Crippen molar-refractivity contribution in [3.63, 3.8) is 0 Å². The molecule has 2 aromatic heterocycles. The summed E-state index contributed by atoms with van der Waals surface area (Å²) in [6.45, 7) is 5.02. The molecular formula is C25H25N3O. The topological polar surface area (TPSA) is 47.0 Å². The van der Waals surface area contributed by atoms with Gasteiger partial charge in [0.15, 0.2) is 0 Å². The number of hydrogen-bond donors (Lipinski definition) is 1. The van der Waals surface area contributed by atoms with Gasteiger partial charge in [-0.05, 0) is 55.3 Å². The third-order valence-corrected chi connectivity index (χ3v) is 5.23. The number of aryl methyl sites for hydroxylation is 1. The number of ether oxygens (including phenoxy) is 1. The number of methoxy groups -OCH3 is 1. The average Bonchev–Trinajstić information content (AvgIpc) is 2.77. The van der Waals surface area contributed by atoms with E-state index in [0.29, 0.717) is 0 Å². The fraction of sp³-hybridized carbons (Fsp3) is 0.200. The van der Waals surface area contributed by atoms with E-state index >= 15 is 0 Å². The number of fused-ring (bicyclic) bond motifs is 1. The van der Waals surface area contributed by atoms with Crippen molar-refractivity contribution in [3.05, 3.63) is 89.7 Å². The summed E-state index contributed by atoms with van der Waals surface area (Å²) in [6, 6.07) is 21.1. The summed E-state index contributed by atoms with van der Waals surface area (Å²) < 4.78 is 5.37. The number of rotatable bonds is 6. The minimum atomic E-state index is 0.243. The molecule has 0 spiro atoms. The molecule has 1 N–H and O–H groups in total. The van der Waals surface area contributed by atoms with Crippen LogP contribution in [0.1, 0.15) is 29.7 Å². The van der Waals surface area contributed by atoms with Crippen molar-refractivity contribution in [1.29, 1.82) is 0 Å². The van der Waals surface area contributed by atoms with Gasteiger partial charge in [-0.1, -0.05) is 29.8 Å². The Hall–Kier alpha value is -3.24. The molecule has 4 rings (SSSR count). The Bertz CT molecular complexity index is 1110. The van der Waals surface area contributed by atoms with Crippen molar-refractivity contribution >= 4 is 10.9 Å². The fourth-order valence-corrected chi connectivity index (χ4v) is 3.45. The summed E-state index contributed by atoms with van der Waals surface area (Å²) in [4.78, 5) is 9.12. The van der Waals surface area contributed by atoms with Crippen LogP contribution >= 0.6 is 0 Å². The van der Waals surface area contributed by atoms with Crippen LogP contribution in [0.3, 0.4) is 0 Å². The van der Waals surface area contributed by atoms with Gasteiger partial charge in [0, 0.05) is 42.0 Å². The summed E-state index contributed by atoms with van der Waals surface area (Å²) in [6.07, 6.45) is 3.61. The molecule has 4 heteroatoms. The molecule has 0 unspecified atom stereocenters. The molecule has 0 saturated heterocycles. The highest BCUT2D eigenvalue weighted by molar-refractivity contribution is 5.84. The number of pyridine rings is 2. The summed E-state index contributed by atoms with van der Waals surface area (Å²) in [5.41, 5.74) is 6.66. The Balaban J connectivity index is 1.68. The summed E-state index contributed by atoms with van der Waals surface area (Å²) in [5.74, 6) is 0.810. The smallest absolute Gasteiger partial charge is 0.121 e. The van der Waals surface area contributed by atoms with Gasteiger partial charge >= 0.3 is 0 Å². The van der Waals surface area contributed by atoms with Crippen molar-refractivity contribution < 1.29 is 4.74 Å². The number of aromatic nitrogens is 2. The maximum absolute atomic E-state index is 5.37. The lowest BCUT2D eigenvalue weighted by Gasteiger charge is -2.17. The molecule has 4 aromatic rings. The highest BCUT2D eigenvalue weighted by Gasteiger charge is 2.12. The van der Waals surface area contributed by atoms with E-state index in [9.17, 15) is 0 Å². The van der Waals surface area contributed by atoms with Crippen molar-refractivity contribution in [2.75, 3.05) is 7.11 Å². The summed E-state index contributed by atoms with van der Waals surface area (Å²) >= 11 is 0. The zero-order valence-corrected chi connectivity index (χ0v) is 17.0. The molecular weight excluding hydrogens is 358 g/mol. The number of benzene rings is 2. The Labute approximate surface area is 171 Å². The zero-order valence-electron chi connectivity index (χ0n) is 17.0. The molecule has 2 aromatic carbocycles. The lowest BCUT2D eigenvalue weighted by Crippen LogP contribution is -2.18. The summed E-state index contributed by atoms with van der Waals surface area (Å²) in [5, 5.41) is 4.75. The second kappa shape index (κ2) is 8.41. The van der Waals surface area contributed by atoms with Crippen LogP contribution in [0.15, 0.2) is 73.1 Å². The third-order valence-electron chi connectivity index (χ3n) is 5.23. The first-order valence-corrected chi connectivity index (χ1v) is 9.82. The van der Waals surface area contributed by atoms with Gasteiger partial charge in [0.05, 0.1) is 18.3 Å². The fourth-order valence-electron chi connectivity index (χ4n) is 3.45. The van der Waals surface area contributed by atoms with E-state index in [1.165, 1.54) is 11.1 Å². The minimum absolute atomic E-state index is 0.243. The largest absolute Gasteiger partial charge is 0.497 e. The van der Waals surface area contributed by atoms with Crippen molar-refractivity contribution in [2.24, 2.45) is 0 Å². The van der Waals surface area contributed by atoms with E-state index in [0.717, 1.165) is 40.0 Å². The quantitative estimate of drug-likeness (QED) is 0.480. The molecule has 0 bridgehead atoms. The van der Waals surface area contributed by atoms with E-state index in [-0.39, 0.29) is 6.04 Å². The van der Waals surface area contributed by atoms with Crippen LogP contribution in [0.4, 0.5) is 0 Å². The van der Waals surface area contributed by atoms with E-state index in [4.69, 9.17) is 9.72 Å². The van der Waals surface area contributed by atoms with E-state index < -0.39 is 0 Å². The molecule has 0 saturated carbocycles. The molecule has 29 heavy (non-hydrogen) atoms. The molecule has 2 heterocycles. The Morgan fingerprint density at radius 1 is 0.966 bits per heavy atom. The van der Waals surface area contributed by atoms with Gasteiger partial charge < -0.3 is 10.1 Å². The van der Waals surface area contributed by atoms with Crippen molar-refractivity contribution in [1.82, 2.24) is 15.3 Å². The maximum Gasteiger partial charge on any atom is 0.121 e. The Kier molecular flexibility index (Phi) is 5.54. The second-order valence-corrected chi connectivity index (χ2v) is 7.30. The number of hydrogen-bond acceptors (Lipinski definition) is 4. The van der Waals surface area contributed by atoms with Gasteiger partial charge in [-0.25, -0.2) is 4.98 Å². The van der Waals surface area contributed by atoms with Crippen LogP contribution in [-0.4, -0.2) is 17.1 Å². The van der Waals surface area contributed by atoms with Gasteiger partial charge in [-0.3, -0.25) is 4.98 Å². The number of nitrogens with zero attached hydrogens (tertiary/aromatic N) is 2. The first kappa shape index (κ1) is 19.1. The molecule has 0 fully saturated rings. The van der Waals surface area contributed by atoms with Gasteiger partial charge in [0.2, 0.25) is 0 Å². The predicted octanol–water partition coefficient (Wildman–Crippen LogP) is 5.46. The lowest BCUT2D eigenvalue weighted by molar-refractivity contribution is 0.415. The second-order valence-electron chi connectivity index (χ2n) is 7.30. The Morgan fingerprint density at radius 2 is 1.72 bits per heavy atom. The highest BCUT2D eigenvalue weighted by Crippen LogP contribution is 2.28. The van der Waals surface area contributed by atoms with Crippen LogP contribution in [0, 0.1) is 6.92 Å². The predicted molar refractivity (Wildman–Crippen MR) is 118 cm³/mol. The van der Waals surface area contributed by atoms with E-state index in [1.54, 1.807) is 19.5 Å². The van der Waals surface area contributed by atoms with Gasteiger partial charge in [0.25, 0.3) is 0 Å². The van der Waals surface area contributed by atoms with Crippen LogP contribution in [0.2, 0.25) is 0 Å².